The fourth-order valence-electron chi connectivity index (χ4n) is 1.22. The van der Waals surface area contributed by atoms with Crippen molar-refractivity contribution in [3.05, 3.63) is 0 Å². The van der Waals surface area contributed by atoms with Crippen molar-refractivity contribution in [3.8, 4) is 0 Å². The van der Waals surface area contributed by atoms with E-state index in [0.717, 1.165) is 13.0 Å². The number of carbonyl (C=O) groups excluding carboxylic acids is 1. The van der Waals surface area contributed by atoms with E-state index in [9.17, 15) is 4.79 Å². The molecule has 0 aromatic rings. The summed E-state index contributed by atoms with van der Waals surface area (Å²) in [4.78, 5) is 11.5. The molecule has 0 aliphatic carbocycles. The summed E-state index contributed by atoms with van der Waals surface area (Å²) in [5.41, 5.74) is 0. The number of nitrogens with one attached hydrogen (secondary N) is 2. The maximum atomic E-state index is 11.5. The Morgan fingerprint density at radius 1 is 1.44 bits per heavy atom. The third-order valence-electron chi connectivity index (χ3n) is 2.39. The average Bonchev–Trinajstić information content (AvgIpc) is 2.26. The van der Waals surface area contributed by atoms with E-state index in [1.54, 1.807) is 7.11 Å². The van der Waals surface area contributed by atoms with Crippen LogP contribution < -0.4 is 10.6 Å². The zero-order chi connectivity index (χ0) is 12.4. The van der Waals surface area contributed by atoms with Crippen LogP contribution in [0.3, 0.4) is 0 Å². The van der Waals surface area contributed by atoms with Crippen molar-refractivity contribution in [2.45, 2.75) is 26.3 Å². The lowest BCUT2D eigenvalue weighted by atomic mass is 10.1. The van der Waals surface area contributed by atoms with Gasteiger partial charge < -0.3 is 20.5 Å². The molecule has 1 amide bonds. The predicted octanol–water partition coefficient (Wildman–Crippen LogP) is -0.254. The van der Waals surface area contributed by atoms with E-state index in [-0.39, 0.29) is 18.6 Å². The Bertz CT molecular complexity index is 188. The highest BCUT2D eigenvalue weighted by molar-refractivity contribution is 5.81. The van der Waals surface area contributed by atoms with Crippen LogP contribution in [0.25, 0.3) is 0 Å². The molecule has 0 heterocycles. The van der Waals surface area contributed by atoms with E-state index in [4.69, 9.17) is 9.84 Å². The minimum Gasteiger partial charge on any atom is -0.396 e. The quantitative estimate of drug-likeness (QED) is 0.479. The van der Waals surface area contributed by atoms with Gasteiger partial charge in [0.1, 0.15) is 0 Å². The molecule has 0 aliphatic rings. The number of hydrogen-bond acceptors (Lipinski definition) is 4. The first-order chi connectivity index (χ1) is 7.61. The largest absolute Gasteiger partial charge is 0.396 e. The first kappa shape index (κ1) is 15.3. The number of methoxy groups -OCH3 is 1. The van der Waals surface area contributed by atoms with E-state index < -0.39 is 0 Å². The van der Waals surface area contributed by atoms with E-state index in [1.165, 1.54) is 0 Å². The molecule has 0 aromatic carbocycles. The summed E-state index contributed by atoms with van der Waals surface area (Å²) in [7, 11) is 1.60. The number of hydrogen-bond donors (Lipinski definition) is 3. The van der Waals surface area contributed by atoms with Crippen LogP contribution in [0.5, 0.6) is 0 Å². The Morgan fingerprint density at radius 2 is 2.12 bits per heavy atom. The summed E-state index contributed by atoms with van der Waals surface area (Å²) in [6.45, 7) is 5.86. The molecule has 0 saturated heterocycles. The van der Waals surface area contributed by atoms with Gasteiger partial charge in [-0.1, -0.05) is 6.92 Å². The van der Waals surface area contributed by atoms with Crippen LogP contribution in [0.1, 0.15) is 20.3 Å². The standard InChI is InChI=1S/C11H24N2O3/c1-9(4-6-14)8-13-10(2)11(15)12-5-7-16-3/h9-10,13-14H,4-8H2,1-3H3,(H,12,15). The molecule has 3 N–H and O–H groups in total. The molecule has 96 valence electrons. The third kappa shape index (κ3) is 7.62. The van der Waals surface area contributed by atoms with Gasteiger partial charge in [-0.05, 0) is 25.8 Å². The van der Waals surface area contributed by atoms with Crippen molar-refractivity contribution in [2.75, 3.05) is 33.4 Å². The monoisotopic (exact) mass is 232 g/mol. The van der Waals surface area contributed by atoms with Gasteiger partial charge in [0.25, 0.3) is 0 Å². The lowest BCUT2D eigenvalue weighted by Crippen LogP contribution is -2.44. The lowest BCUT2D eigenvalue weighted by molar-refractivity contribution is -0.122. The van der Waals surface area contributed by atoms with E-state index >= 15 is 0 Å². The summed E-state index contributed by atoms with van der Waals surface area (Å²) in [6.07, 6.45) is 0.755. The first-order valence-electron chi connectivity index (χ1n) is 5.72. The van der Waals surface area contributed by atoms with Crippen LogP contribution in [-0.4, -0.2) is 50.5 Å². The van der Waals surface area contributed by atoms with Gasteiger partial charge in [0.15, 0.2) is 0 Å². The second kappa shape index (κ2) is 9.57. The maximum absolute atomic E-state index is 11.5. The zero-order valence-electron chi connectivity index (χ0n) is 10.5. The summed E-state index contributed by atoms with van der Waals surface area (Å²) in [5, 5.41) is 14.6. The van der Waals surface area contributed by atoms with Crippen molar-refractivity contribution in [2.24, 2.45) is 5.92 Å². The Kier molecular flexibility index (Phi) is 9.18. The summed E-state index contributed by atoms with van der Waals surface area (Å²) in [5.74, 6) is 0.354. The van der Waals surface area contributed by atoms with Gasteiger partial charge in [-0.2, -0.15) is 0 Å². The lowest BCUT2D eigenvalue weighted by Gasteiger charge is -2.16. The molecule has 0 bridgehead atoms. The van der Waals surface area contributed by atoms with Crippen LogP contribution in [0, 0.1) is 5.92 Å². The normalized spacial score (nSPS) is 14.5. The molecule has 2 unspecified atom stereocenters. The highest BCUT2D eigenvalue weighted by Crippen LogP contribution is 1.98. The maximum Gasteiger partial charge on any atom is 0.236 e. The van der Waals surface area contributed by atoms with Crippen LogP contribution in [0.15, 0.2) is 0 Å². The minimum absolute atomic E-state index is 0.0201. The smallest absolute Gasteiger partial charge is 0.236 e. The molecule has 0 aliphatic heterocycles. The second-order valence-corrected chi connectivity index (χ2v) is 4.03. The molecule has 0 saturated carbocycles. The molecule has 16 heavy (non-hydrogen) atoms. The highest BCUT2D eigenvalue weighted by Gasteiger charge is 2.12. The Hall–Kier alpha value is -0.650. The zero-order valence-corrected chi connectivity index (χ0v) is 10.5. The fourth-order valence-corrected chi connectivity index (χ4v) is 1.22. The van der Waals surface area contributed by atoms with Gasteiger partial charge in [-0.15, -0.1) is 0 Å². The molecule has 5 nitrogen and oxygen atoms in total. The molecule has 0 aromatic heterocycles. The number of aliphatic hydroxyl groups is 1. The molecule has 0 rings (SSSR count). The highest BCUT2D eigenvalue weighted by atomic mass is 16.5. The molecular formula is C11H24N2O3. The van der Waals surface area contributed by atoms with Gasteiger partial charge in [-0.3, -0.25) is 4.79 Å². The molecule has 0 radical (unpaired) electrons. The van der Waals surface area contributed by atoms with Crippen LogP contribution in [-0.2, 0) is 9.53 Å². The van der Waals surface area contributed by atoms with Crippen molar-refractivity contribution < 1.29 is 14.6 Å². The number of rotatable bonds is 9. The molecule has 0 fully saturated rings. The van der Waals surface area contributed by atoms with Gasteiger partial charge in [0.05, 0.1) is 12.6 Å². The summed E-state index contributed by atoms with van der Waals surface area (Å²) in [6, 6.07) is -0.210. The summed E-state index contributed by atoms with van der Waals surface area (Å²) < 4.78 is 4.84. The van der Waals surface area contributed by atoms with Gasteiger partial charge in [0, 0.05) is 20.3 Å². The molecule has 5 heteroatoms. The number of aliphatic hydroxyl groups excluding tert-OH is 1. The van der Waals surface area contributed by atoms with Gasteiger partial charge in [-0.25, -0.2) is 0 Å². The Labute approximate surface area is 97.6 Å². The Balaban J connectivity index is 3.62. The van der Waals surface area contributed by atoms with Crippen molar-refractivity contribution in [1.29, 1.82) is 0 Å². The number of ether oxygens (including phenoxy) is 1. The minimum atomic E-state index is -0.210. The number of amides is 1. The van der Waals surface area contributed by atoms with E-state index in [1.807, 2.05) is 13.8 Å². The fraction of sp³-hybridized carbons (Fsp3) is 0.909. The summed E-state index contributed by atoms with van der Waals surface area (Å²) >= 11 is 0. The van der Waals surface area contributed by atoms with Gasteiger partial charge >= 0.3 is 0 Å². The predicted molar refractivity (Wildman–Crippen MR) is 63.2 cm³/mol. The van der Waals surface area contributed by atoms with Crippen molar-refractivity contribution in [3.63, 3.8) is 0 Å². The van der Waals surface area contributed by atoms with E-state index in [0.29, 0.717) is 19.1 Å². The number of carbonyl (C=O) groups is 1. The van der Waals surface area contributed by atoms with Crippen LogP contribution >= 0.6 is 0 Å². The third-order valence-corrected chi connectivity index (χ3v) is 2.39. The van der Waals surface area contributed by atoms with Crippen LogP contribution in [0.2, 0.25) is 0 Å². The Morgan fingerprint density at radius 3 is 2.69 bits per heavy atom. The second-order valence-electron chi connectivity index (χ2n) is 4.03. The van der Waals surface area contributed by atoms with Crippen molar-refractivity contribution in [1.82, 2.24) is 10.6 Å². The SMILES string of the molecule is COCCNC(=O)C(C)NCC(C)CCO. The topological polar surface area (TPSA) is 70.6 Å². The molecule has 0 spiro atoms. The van der Waals surface area contributed by atoms with E-state index in [2.05, 4.69) is 10.6 Å². The van der Waals surface area contributed by atoms with Crippen molar-refractivity contribution >= 4 is 5.91 Å². The molecular weight excluding hydrogens is 208 g/mol. The molecule has 2 atom stereocenters. The average molecular weight is 232 g/mol. The van der Waals surface area contributed by atoms with Gasteiger partial charge in [0.2, 0.25) is 5.91 Å². The van der Waals surface area contributed by atoms with Crippen LogP contribution in [0.4, 0.5) is 0 Å². The first-order valence-corrected chi connectivity index (χ1v) is 5.72.